The molecule has 1 heterocycles. The molecule has 2 unspecified atom stereocenters. The highest BCUT2D eigenvalue weighted by Crippen LogP contribution is 2.25. The molecule has 6 heteroatoms. The molecule has 2 N–H and O–H groups in total. The normalized spacial score (nSPS) is 22.8. The fraction of sp³-hybridized carbons (Fsp3) is 0.500. The van der Waals surface area contributed by atoms with Gasteiger partial charge < -0.3 is 10.6 Å². The lowest BCUT2D eigenvalue weighted by Crippen LogP contribution is -2.50. The first-order valence-electron chi connectivity index (χ1n) is 6.62. The van der Waals surface area contributed by atoms with Gasteiger partial charge in [0.1, 0.15) is 0 Å². The Kier molecular flexibility index (Phi) is 5.37. The molecule has 3 nitrogen and oxygen atoms in total. The zero-order chi connectivity index (χ0) is 14.5. The average Bonchev–Trinajstić information content (AvgIpc) is 2.41. The molecule has 20 heavy (non-hydrogen) atoms. The van der Waals surface area contributed by atoms with Gasteiger partial charge in [-0.05, 0) is 43.1 Å². The predicted octanol–water partition coefficient (Wildman–Crippen LogP) is 2.73. The second-order valence-electron chi connectivity index (χ2n) is 4.95. The number of hydrogen-bond acceptors (Lipinski definition) is 3. The number of alkyl halides is 2. The van der Waals surface area contributed by atoms with Crippen LogP contribution in [0, 0.1) is 5.92 Å². The maximum absolute atomic E-state index is 12.2. The maximum atomic E-state index is 12.2. The van der Waals surface area contributed by atoms with Gasteiger partial charge >= 0.3 is 0 Å². The predicted molar refractivity (Wildman–Crippen MR) is 76.2 cm³/mol. The van der Waals surface area contributed by atoms with Crippen LogP contribution in [-0.2, 0) is 0 Å². The van der Waals surface area contributed by atoms with E-state index in [1.807, 2.05) is 0 Å². The van der Waals surface area contributed by atoms with Crippen LogP contribution in [0.5, 0.6) is 0 Å². The van der Waals surface area contributed by atoms with Gasteiger partial charge in [0.2, 0.25) is 0 Å². The van der Waals surface area contributed by atoms with Crippen molar-refractivity contribution < 1.29 is 13.6 Å². The molecule has 0 bridgehead atoms. The minimum Gasteiger partial charge on any atom is -0.348 e. The zero-order valence-corrected chi connectivity index (χ0v) is 12.1. The van der Waals surface area contributed by atoms with Gasteiger partial charge in [-0.1, -0.05) is 18.7 Å². The van der Waals surface area contributed by atoms with Gasteiger partial charge in [-0.3, -0.25) is 4.79 Å². The summed E-state index contributed by atoms with van der Waals surface area (Å²) < 4.78 is 24.4. The van der Waals surface area contributed by atoms with E-state index in [1.165, 1.54) is 0 Å². The highest BCUT2D eigenvalue weighted by molar-refractivity contribution is 7.99. The number of benzene rings is 1. The summed E-state index contributed by atoms with van der Waals surface area (Å²) in [5.74, 6) is -2.16. The third-order valence-electron chi connectivity index (χ3n) is 3.49. The van der Waals surface area contributed by atoms with Crippen LogP contribution >= 0.6 is 11.8 Å². The fourth-order valence-corrected chi connectivity index (χ4v) is 2.72. The van der Waals surface area contributed by atoms with Gasteiger partial charge in [0, 0.05) is 23.0 Å². The number of piperidine rings is 1. The van der Waals surface area contributed by atoms with Crippen LogP contribution in [-0.4, -0.2) is 30.8 Å². The Morgan fingerprint density at radius 3 is 2.70 bits per heavy atom. The largest absolute Gasteiger partial charge is 0.348 e. The van der Waals surface area contributed by atoms with E-state index in [-0.39, 0.29) is 11.9 Å². The summed E-state index contributed by atoms with van der Waals surface area (Å²) >= 11 is 0.480. The highest BCUT2D eigenvalue weighted by Gasteiger charge is 2.22. The van der Waals surface area contributed by atoms with Gasteiger partial charge in [0.15, 0.2) is 0 Å². The van der Waals surface area contributed by atoms with Crippen molar-refractivity contribution in [2.24, 2.45) is 5.92 Å². The van der Waals surface area contributed by atoms with Crippen molar-refractivity contribution in [2.45, 2.75) is 30.0 Å². The molecule has 2 atom stereocenters. The molecule has 0 aromatic heterocycles. The van der Waals surface area contributed by atoms with E-state index in [4.69, 9.17) is 0 Å². The number of amides is 1. The smallest absolute Gasteiger partial charge is 0.288 e. The van der Waals surface area contributed by atoms with Crippen LogP contribution in [0.15, 0.2) is 29.2 Å². The van der Waals surface area contributed by atoms with Crippen molar-refractivity contribution in [3.8, 4) is 0 Å². The first kappa shape index (κ1) is 15.3. The van der Waals surface area contributed by atoms with E-state index in [0.717, 1.165) is 19.5 Å². The lowest BCUT2D eigenvalue weighted by molar-refractivity contribution is 0.0915. The molecular formula is C14H18F2N2OS. The Hall–Kier alpha value is -1.14. The molecule has 0 radical (unpaired) electrons. The third-order valence-corrected chi connectivity index (χ3v) is 4.21. The topological polar surface area (TPSA) is 41.1 Å². The molecule has 1 aliphatic heterocycles. The maximum Gasteiger partial charge on any atom is 0.288 e. The third kappa shape index (κ3) is 4.18. The van der Waals surface area contributed by atoms with Crippen molar-refractivity contribution in [2.75, 3.05) is 13.1 Å². The minimum absolute atomic E-state index is 0.117. The number of carbonyl (C=O) groups excluding carboxylic acids is 1. The molecule has 1 aliphatic rings. The van der Waals surface area contributed by atoms with E-state index in [0.29, 0.717) is 28.1 Å². The molecule has 0 spiro atoms. The number of halogens is 2. The lowest BCUT2D eigenvalue weighted by atomic mass is 9.94. The summed E-state index contributed by atoms with van der Waals surface area (Å²) in [6.45, 7) is 3.87. The van der Waals surface area contributed by atoms with Gasteiger partial charge in [-0.2, -0.15) is 8.78 Å². The number of thioether (sulfide) groups is 1. The van der Waals surface area contributed by atoms with Crippen LogP contribution in [0.2, 0.25) is 0 Å². The number of carbonyl (C=O) groups is 1. The molecule has 1 amide bonds. The van der Waals surface area contributed by atoms with E-state index < -0.39 is 5.76 Å². The van der Waals surface area contributed by atoms with Crippen LogP contribution in [0.1, 0.15) is 23.7 Å². The standard InChI is InChI=1S/C14H18F2N2OS/c1-9-6-7-17-8-12(9)18-13(19)10-2-4-11(5-3-10)20-14(15)16/h2-5,9,12,14,17H,6-8H2,1H3,(H,18,19). The van der Waals surface area contributed by atoms with Gasteiger partial charge in [0.05, 0.1) is 0 Å². The Balaban J connectivity index is 1.95. The second kappa shape index (κ2) is 7.04. The molecule has 110 valence electrons. The number of rotatable bonds is 4. The van der Waals surface area contributed by atoms with E-state index in [1.54, 1.807) is 24.3 Å². The highest BCUT2D eigenvalue weighted by atomic mass is 32.2. The molecule has 2 rings (SSSR count). The summed E-state index contributed by atoms with van der Waals surface area (Å²) in [5.41, 5.74) is 0.501. The van der Waals surface area contributed by atoms with Crippen molar-refractivity contribution in [3.63, 3.8) is 0 Å². The second-order valence-corrected chi connectivity index (χ2v) is 6.02. The Morgan fingerprint density at radius 2 is 2.10 bits per heavy atom. The molecule has 1 aromatic carbocycles. The number of nitrogens with one attached hydrogen (secondary N) is 2. The Labute approximate surface area is 121 Å². The van der Waals surface area contributed by atoms with Gasteiger partial charge in [-0.25, -0.2) is 0 Å². The average molecular weight is 300 g/mol. The molecule has 1 fully saturated rings. The van der Waals surface area contributed by atoms with Gasteiger partial charge in [-0.15, -0.1) is 0 Å². The first-order chi connectivity index (χ1) is 9.56. The molecule has 1 saturated heterocycles. The van der Waals surface area contributed by atoms with E-state index in [9.17, 15) is 13.6 Å². The molecular weight excluding hydrogens is 282 g/mol. The first-order valence-corrected chi connectivity index (χ1v) is 7.50. The number of hydrogen-bond donors (Lipinski definition) is 2. The summed E-state index contributed by atoms with van der Waals surface area (Å²) in [5, 5.41) is 6.24. The van der Waals surface area contributed by atoms with Crippen LogP contribution < -0.4 is 10.6 Å². The van der Waals surface area contributed by atoms with Crippen molar-refractivity contribution in [1.29, 1.82) is 0 Å². The molecule has 1 aromatic rings. The fourth-order valence-electron chi connectivity index (χ4n) is 2.22. The molecule has 0 aliphatic carbocycles. The summed E-state index contributed by atoms with van der Waals surface area (Å²) in [6.07, 6.45) is 1.04. The molecule has 0 saturated carbocycles. The lowest BCUT2D eigenvalue weighted by Gasteiger charge is -2.30. The van der Waals surface area contributed by atoms with Crippen LogP contribution in [0.25, 0.3) is 0 Å². The summed E-state index contributed by atoms with van der Waals surface area (Å²) in [6, 6.07) is 6.39. The SMILES string of the molecule is CC1CCNCC1NC(=O)c1ccc(SC(F)F)cc1. The Bertz CT molecular complexity index is 453. The quantitative estimate of drug-likeness (QED) is 0.840. The zero-order valence-electron chi connectivity index (χ0n) is 11.2. The van der Waals surface area contributed by atoms with Crippen molar-refractivity contribution in [3.05, 3.63) is 29.8 Å². The minimum atomic E-state index is -2.44. The van der Waals surface area contributed by atoms with E-state index in [2.05, 4.69) is 17.6 Å². The van der Waals surface area contributed by atoms with Gasteiger partial charge in [0.25, 0.3) is 11.7 Å². The Morgan fingerprint density at radius 1 is 1.40 bits per heavy atom. The van der Waals surface area contributed by atoms with Crippen molar-refractivity contribution >= 4 is 17.7 Å². The summed E-state index contributed by atoms with van der Waals surface area (Å²) in [7, 11) is 0. The van der Waals surface area contributed by atoms with Crippen LogP contribution in [0.3, 0.4) is 0 Å². The van der Waals surface area contributed by atoms with Crippen LogP contribution in [0.4, 0.5) is 8.78 Å². The van der Waals surface area contributed by atoms with Crippen molar-refractivity contribution in [1.82, 2.24) is 10.6 Å². The van der Waals surface area contributed by atoms with E-state index >= 15 is 0 Å². The monoisotopic (exact) mass is 300 g/mol. The summed E-state index contributed by atoms with van der Waals surface area (Å²) in [4.78, 5) is 12.6.